The molecule has 2 nitrogen and oxygen atoms in total. The van der Waals surface area contributed by atoms with Crippen LogP contribution in [0.5, 0.6) is 0 Å². The summed E-state index contributed by atoms with van der Waals surface area (Å²) in [5.74, 6) is -0.492. The van der Waals surface area contributed by atoms with Crippen LogP contribution in [0.3, 0.4) is 0 Å². The highest BCUT2D eigenvalue weighted by Crippen LogP contribution is 2.21. The van der Waals surface area contributed by atoms with Gasteiger partial charge in [0.25, 0.3) is 0 Å². The van der Waals surface area contributed by atoms with Gasteiger partial charge in [-0.2, -0.15) is 0 Å². The fourth-order valence-corrected chi connectivity index (χ4v) is 1.72. The minimum Gasteiger partial charge on any atom is -0.321 e. The van der Waals surface area contributed by atoms with E-state index in [0.717, 1.165) is 0 Å². The average Bonchev–Trinajstić information content (AvgIpc) is 2.25. The molecule has 0 aromatic heterocycles. The van der Waals surface area contributed by atoms with Gasteiger partial charge in [-0.1, -0.05) is 18.2 Å². The lowest BCUT2D eigenvalue weighted by atomic mass is 10.0. The second kappa shape index (κ2) is 5.92. The van der Waals surface area contributed by atoms with Crippen molar-refractivity contribution in [3.8, 4) is 0 Å². The molecule has 0 aliphatic rings. The number of ketones is 1. The lowest BCUT2D eigenvalue weighted by Gasteiger charge is -2.09. The number of Topliss-reactive ketones (excluding diaryl/α,β-unsaturated/α-hetero) is 1. The largest absolute Gasteiger partial charge is 0.321 e. The van der Waals surface area contributed by atoms with Crippen LogP contribution < -0.4 is 5.73 Å². The van der Waals surface area contributed by atoms with E-state index in [1.165, 1.54) is 6.07 Å². The standard InChI is InChI=1S/C12H13BrFNO/c1-2-4-10(15)11(16)7-8-5-3-6-9(14)12(8)13/h2-3,5-6,10H,1,4,7,15H2. The predicted molar refractivity (Wildman–Crippen MR) is 65.6 cm³/mol. The van der Waals surface area contributed by atoms with E-state index in [4.69, 9.17) is 5.73 Å². The molecule has 0 fully saturated rings. The van der Waals surface area contributed by atoms with Crippen molar-refractivity contribution in [2.24, 2.45) is 5.73 Å². The Balaban J connectivity index is 2.77. The summed E-state index contributed by atoms with van der Waals surface area (Å²) in [5.41, 5.74) is 6.25. The van der Waals surface area contributed by atoms with Crippen LogP contribution >= 0.6 is 15.9 Å². The molecular formula is C12H13BrFNO. The van der Waals surface area contributed by atoms with Gasteiger partial charge in [0.15, 0.2) is 5.78 Å². The van der Waals surface area contributed by atoms with Crippen molar-refractivity contribution in [1.82, 2.24) is 0 Å². The van der Waals surface area contributed by atoms with E-state index < -0.39 is 6.04 Å². The van der Waals surface area contributed by atoms with Crippen LogP contribution in [0.1, 0.15) is 12.0 Å². The van der Waals surface area contributed by atoms with Gasteiger partial charge < -0.3 is 5.73 Å². The van der Waals surface area contributed by atoms with Crippen LogP contribution in [0, 0.1) is 5.82 Å². The second-order valence-corrected chi connectivity index (χ2v) is 4.28. The predicted octanol–water partition coefficient (Wildman–Crippen LogP) is 2.60. The molecule has 1 rings (SSSR count). The van der Waals surface area contributed by atoms with Crippen LogP contribution in [-0.2, 0) is 11.2 Å². The van der Waals surface area contributed by atoms with E-state index in [0.29, 0.717) is 16.5 Å². The Morgan fingerprint density at radius 2 is 2.31 bits per heavy atom. The lowest BCUT2D eigenvalue weighted by Crippen LogP contribution is -2.31. The van der Waals surface area contributed by atoms with E-state index in [1.807, 2.05) is 0 Å². The Morgan fingerprint density at radius 1 is 1.62 bits per heavy atom. The maximum absolute atomic E-state index is 13.2. The zero-order chi connectivity index (χ0) is 12.1. The minimum absolute atomic E-state index is 0.119. The fraction of sp³-hybridized carbons (Fsp3) is 0.250. The van der Waals surface area contributed by atoms with Gasteiger partial charge in [0.1, 0.15) is 5.82 Å². The molecule has 0 spiro atoms. The molecule has 1 atom stereocenters. The third kappa shape index (κ3) is 3.25. The van der Waals surface area contributed by atoms with Gasteiger partial charge in [-0.15, -0.1) is 6.58 Å². The van der Waals surface area contributed by atoms with Gasteiger partial charge >= 0.3 is 0 Å². The first-order valence-corrected chi connectivity index (χ1v) is 5.67. The quantitative estimate of drug-likeness (QED) is 0.845. The fourth-order valence-electron chi connectivity index (χ4n) is 1.31. The molecule has 4 heteroatoms. The van der Waals surface area contributed by atoms with Crippen LogP contribution in [0.15, 0.2) is 35.3 Å². The zero-order valence-electron chi connectivity index (χ0n) is 8.75. The first-order valence-electron chi connectivity index (χ1n) is 4.88. The molecular weight excluding hydrogens is 273 g/mol. The maximum Gasteiger partial charge on any atom is 0.154 e. The summed E-state index contributed by atoms with van der Waals surface area (Å²) in [6.07, 6.45) is 2.17. The molecule has 1 aromatic carbocycles. The average molecular weight is 286 g/mol. The highest BCUT2D eigenvalue weighted by Gasteiger charge is 2.15. The van der Waals surface area contributed by atoms with Crippen molar-refractivity contribution in [2.75, 3.05) is 0 Å². The molecule has 0 heterocycles. The van der Waals surface area contributed by atoms with E-state index in [9.17, 15) is 9.18 Å². The van der Waals surface area contributed by atoms with Gasteiger partial charge in [0.2, 0.25) is 0 Å². The summed E-state index contributed by atoms with van der Waals surface area (Å²) in [7, 11) is 0. The SMILES string of the molecule is C=CCC(N)C(=O)Cc1cccc(F)c1Br. The van der Waals surface area contributed by atoms with Gasteiger partial charge in [0, 0.05) is 6.42 Å². The number of rotatable bonds is 5. The van der Waals surface area contributed by atoms with Crippen molar-refractivity contribution in [1.29, 1.82) is 0 Å². The summed E-state index contributed by atoms with van der Waals surface area (Å²) in [5, 5.41) is 0. The normalized spacial score (nSPS) is 12.2. The number of nitrogens with two attached hydrogens (primary N) is 1. The van der Waals surface area contributed by atoms with Gasteiger partial charge in [0.05, 0.1) is 10.5 Å². The number of carbonyl (C=O) groups is 1. The molecule has 0 aliphatic heterocycles. The highest BCUT2D eigenvalue weighted by atomic mass is 79.9. The lowest BCUT2D eigenvalue weighted by molar-refractivity contribution is -0.119. The Labute approximate surface area is 102 Å². The molecule has 0 saturated heterocycles. The molecule has 0 radical (unpaired) electrons. The van der Waals surface area contributed by atoms with E-state index in [1.54, 1.807) is 18.2 Å². The summed E-state index contributed by atoms with van der Waals surface area (Å²) in [4.78, 5) is 11.6. The third-order valence-corrected chi connectivity index (χ3v) is 3.12. The topological polar surface area (TPSA) is 43.1 Å². The van der Waals surface area contributed by atoms with Crippen LogP contribution in [0.25, 0.3) is 0 Å². The molecule has 0 bridgehead atoms. The Hall–Kier alpha value is -1.00. The smallest absolute Gasteiger partial charge is 0.154 e. The second-order valence-electron chi connectivity index (χ2n) is 3.49. The Kier molecular flexibility index (Phi) is 4.83. The number of benzene rings is 1. The summed E-state index contributed by atoms with van der Waals surface area (Å²) in [6.45, 7) is 3.52. The summed E-state index contributed by atoms with van der Waals surface area (Å²) >= 11 is 3.11. The van der Waals surface area contributed by atoms with Crippen molar-refractivity contribution in [3.05, 3.63) is 46.7 Å². The number of carbonyl (C=O) groups excluding carboxylic acids is 1. The Morgan fingerprint density at radius 3 is 2.94 bits per heavy atom. The summed E-state index contributed by atoms with van der Waals surface area (Å²) in [6, 6.07) is 4.04. The molecule has 1 unspecified atom stereocenters. The van der Waals surface area contributed by atoms with E-state index in [-0.39, 0.29) is 18.0 Å². The monoisotopic (exact) mass is 285 g/mol. The van der Waals surface area contributed by atoms with Crippen LogP contribution in [-0.4, -0.2) is 11.8 Å². The zero-order valence-corrected chi connectivity index (χ0v) is 10.3. The summed E-state index contributed by atoms with van der Waals surface area (Å²) < 4.78 is 13.5. The van der Waals surface area contributed by atoms with Crippen LogP contribution in [0.4, 0.5) is 4.39 Å². The molecule has 86 valence electrons. The molecule has 2 N–H and O–H groups in total. The molecule has 16 heavy (non-hydrogen) atoms. The highest BCUT2D eigenvalue weighted by molar-refractivity contribution is 9.10. The number of hydrogen-bond donors (Lipinski definition) is 1. The van der Waals surface area contributed by atoms with Crippen molar-refractivity contribution in [2.45, 2.75) is 18.9 Å². The third-order valence-electron chi connectivity index (χ3n) is 2.23. The van der Waals surface area contributed by atoms with E-state index in [2.05, 4.69) is 22.5 Å². The minimum atomic E-state index is -0.562. The van der Waals surface area contributed by atoms with Crippen LogP contribution in [0.2, 0.25) is 0 Å². The first-order chi connectivity index (χ1) is 7.56. The van der Waals surface area contributed by atoms with Gasteiger partial charge in [-0.25, -0.2) is 4.39 Å². The number of hydrogen-bond acceptors (Lipinski definition) is 2. The molecule has 0 aliphatic carbocycles. The van der Waals surface area contributed by atoms with Gasteiger partial charge in [-0.3, -0.25) is 4.79 Å². The van der Waals surface area contributed by atoms with Crippen molar-refractivity contribution in [3.63, 3.8) is 0 Å². The number of halogens is 2. The first kappa shape index (κ1) is 13.1. The molecule has 0 saturated carbocycles. The molecule has 0 amide bonds. The van der Waals surface area contributed by atoms with Crippen molar-refractivity contribution < 1.29 is 9.18 Å². The Bertz CT molecular complexity index is 406. The maximum atomic E-state index is 13.2. The van der Waals surface area contributed by atoms with E-state index >= 15 is 0 Å². The molecule has 1 aromatic rings. The van der Waals surface area contributed by atoms with Gasteiger partial charge in [-0.05, 0) is 34.0 Å². The van der Waals surface area contributed by atoms with Crippen molar-refractivity contribution >= 4 is 21.7 Å².